The van der Waals surface area contributed by atoms with Gasteiger partial charge in [-0.25, -0.2) is 0 Å². The number of aromatic nitrogens is 2. The number of carboxylic acids is 1. The standard InChI is InChI=1S/C18H19F3N4O3/c19-18(20,21)15-3-1-2-13(8-15)10-23-4-6-24(7-5-23)17(28)14-9-22-25(11-14)12-16(26)27/h1-3,8-9,11H,4-7,10,12H2,(H,26,27). The van der Waals surface area contributed by atoms with Gasteiger partial charge in [0.05, 0.1) is 17.3 Å². The average Bonchev–Trinajstić information content (AvgIpc) is 3.09. The van der Waals surface area contributed by atoms with E-state index in [0.29, 0.717) is 43.9 Å². The molecule has 1 aliphatic rings. The van der Waals surface area contributed by atoms with Gasteiger partial charge in [0.2, 0.25) is 0 Å². The highest BCUT2D eigenvalue weighted by molar-refractivity contribution is 5.93. The van der Waals surface area contributed by atoms with Gasteiger partial charge >= 0.3 is 12.1 Å². The van der Waals surface area contributed by atoms with Crippen molar-refractivity contribution >= 4 is 11.9 Å². The summed E-state index contributed by atoms with van der Waals surface area (Å²) in [6.07, 6.45) is -1.64. The maximum atomic E-state index is 12.8. The van der Waals surface area contributed by atoms with Crippen molar-refractivity contribution in [3.05, 3.63) is 53.3 Å². The number of piperazine rings is 1. The van der Waals surface area contributed by atoms with E-state index >= 15 is 0 Å². The van der Waals surface area contributed by atoms with E-state index in [2.05, 4.69) is 5.10 Å². The molecular formula is C18H19F3N4O3. The molecule has 28 heavy (non-hydrogen) atoms. The molecule has 1 saturated heterocycles. The molecule has 3 rings (SSSR count). The molecule has 0 bridgehead atoms. The van der Waals surface area contributed by atoms with Crippen molar-refractivity contribution in [1.29, 1.82) is 0 Å². The van der Waals surface area contributed by atoms with E-state index in [9.17, 15) is 22.8 Å². The van der Waals surface area contributed by atoms with Crippen LogP contribution in [-0.2, 0) is 24.1 Å². The smallest absolute Gasteiger partial charge is 0.416 e. The Balaban J connectivity index is 1.55. The summed E-state index contributed by atoms with van der Waals surface area (Å²) in [6.45, 7) is 1.99. The second-order valence-corrected chi connectivity index (χ2v) is 6.59. The maximum Gasteiger partial charge on any atom is 0.416 e. The van der Waals surface area contributed by atoms with E-state index in [1.165, 1.54) is 23.1 Å². The lowest BCUT2D eigenvalue weighted by atomic mass is 10.1. The minimum atomic E-state index is -4.37. The summed E-state index contributed by atoms with van der Waals surface area (Å²) >= 11 is 0. The third kappa shape index (κ3) is 4.89. The van der Waals surface area contributed by atoms with Crippen LogP contribution in [0.1, 0.15) is 21.5 Å². The number of alkyl halides is 3. The van der Waals surface area contributed by atoms with Crippen LogP contribution in [0.4, 0.5) is 13.2 Å². The average molecular weight is 396 g/mol. The van der Waals surface area contributed by atoms with Gasteiger partial charge in [-0.2, -0.15) is 18.3 Å². The number of hydrogen-bond acceptors (Lipinski definition) is 4. The normalized spacial score (nSPS) is 15.6. The van der Waals surface area contributed by atoms with E-state index in [0.717, 1.165) is 12.1 Å². The van der Waals surface area contributed by atoms with Crippen molar-refractivity contribution in [2.75, 3.05) is 26.2 Å². The molecule has 1 aromatic heterocycles. The van der Waals surface area contributed by atoms with Crippen molar-refractivity contribution in [3.8, 4) is 0 Å². The first-order valence-corrected chi connectivity index (χ1v) is 8.64. The predicted molar refractivity (Wildman–Crippen MR) is 92.5 cm³/mol. The molecule has 1 N–H and O–H groups in total. The number of carbonyl (C=O) groups excluding carboxylic acids is 1. The Morgan fingerprint density at radius 2 is 1.86 bits per heavy atom. The Hall–Kier alpha value is -2.88. The lowest BCUT2D eigenvalue weighted by Crippen LogP contribution is -2.48. The lowest BCUT2D eigenvalue weighted by molar-refractivity contribution is -0.138. The van der Waals surface area contributed by atoms with Crippen LogP contribution in [0, 0.1) is 0 Å². The zero-order chi connectivity index (χ0) is 20.3. The van der Waals surface area contributed by atoms with Crippen LogP contribution in [0.3, 0.4) is 0 Å². The Bertz CT molecular complexity index is 858. The molecule has 2 heterocycles. The number of halogens is 3. The SMILES string of the molecule is O=C(O)Cn1cc(C(=O)N2CCN(Cc3cccc(C(F)(F)F)c3)CC2)cn1. The van der Waals surface area contributed by atoms with Crippen LogP contribution in [0.15, 0.2) is 36.7 Å². The van der Waals surface area contributed by atoms with Crippen molar-refractivity contribution < 1.29 is 27.9 Å². The highest BCUT2D eigenvalue weighted by Gasteiger charge is 2.30. The molecule has 1 amide bonds. The van der Waals surface area contributed by atoms with Crippen LogP contribution in [0.5, 0.6) is 0 Å². The largest absolute Gasteiger partial charge is 0.480 e. The molecule has 0 aliphatic carbocycles. The first kappa shape index (κ1) is 19.9. The van der Waals surface area contributed by atoms with Crippen molar-refractivity contribution in [3.63, 3.8) is 0 Å². The number of hydrogen-bond donors (Lipinski definition) is 1. The molecule has 150 valence electrons. The first-order valence-electron chi connectivity index (χ1n) is 8.64. The minimum Gasteiger partial charge on any atom is -0.480 e. The molecule has 0 saturated carbocycles. The summed E-state index contributed by atoms with van der Waals surface area (Å²) in [6, 6.07) is 5.25. The molecule has 1 aliphatic heterocycles. The third-order valence-electron chi connectivity index (χ3n) is 4.50. The topological polar surface area (TPSA) is 78.7 Å². The monoisotopic (exact) mass is 396 g/mol. The van der Waals surface area contributed by atoms with Crippen LogP contribution < -0.4 is 0 Å². The van der Waals surface area contributed by atoms with Gasteiger partial charge in [-0.3, -0.25) is 19.2 Å². The zero-order valence-corrected chi connectivity index (χ0v) is 14.9. The number of aliphatic carboxylic acids is 1. The summed E-state index contributed by atoms with van der Waals surface area (Å²) in [5.74, 6) is -1.29. The van der Waals surface area contributed by atoms with Crippen molar-refractivity contribution in [2.45, 2.75) is 19.3 Å². The molecule has 0 unspecified atom stereocenters. The molecule has 2 aromatic rings. The Morgan fingerprint density at radius 1 is 1.14 bits per heavy atom. The number of carboxylic acid groups (broad SMARTS) is 1. The minimum absolute atomic E-state index is 0.240. The van der Waals surface area contributed by atoms with E-state index in [-0.39, 0.29) is 12.5 Å². The van der Waals surface area contributed by atoms with Gasteiger partial charge in [-0.15, -0.1) is 0 Å². The number of amides is 1. The Morgan fingerprint density at radius 3 is 2.50 bits per heavy atom. The number of nitrogens with zero attached hydrogens (tertiary/aromatic N) is 4. The summed E-state index contributed by atoms with van der Waals surface area (Å²) in [4.78, 5) is 26.8. The van der Waals surface area contributed by atoms with Crippen LogP contribution in [0.2, 0.25) is 0 Å². The summed E-state index contributed by atoms with van der Waals surface area (Å²) < 4.78 is 39.6. The number of rotatable bonds is 5. The number of benzene rings is 1. The van der Waals surface area contributed by atoms with Gasteiger partial charge in [0.15, 0.2) is 0 Å². The van der Waals surface area contributed by atoms with E-state index < -0.39 is 17.7 Å². The van der Waals surface area contributed by atoms with Crippen LogP contribution in [0.25, 0.3) is 0 Å². The van der Waals surface area contributed by atoms with E-state index in [4.69, 9.17) is 5.11 Å². The molecule has 0 radical (unpaired) electrons. The third-order valence-corrected chi connectivity index (χ3v) is 4.50. The summed E-state index contributed by atoms with van der Waals surface area (Å²) in [7, 11) is 0. The van der Waals surface area contributed by atoms with Gasteiger partial charge in [0.1, 0.15) is 6.54 Å². The molecule has 1 fully saturated rings. The van der Waals surface area contributed by atoms with Crippen LogP contribution in [-0.4, -0.2) is 62.7 Å². The van der Waals surface area contributed by atoms with Gasteiger partial charge < -0.3 is 10.0 Å². The fourth-order valence-electron chi connectivity index (χ4n) is 3.09. The molecule has 0 spiro atoms. The van der Waals surface area contributed by atoms with Gasteiger partial charge in [-0.05, 0) is 11.6 Å². The van der Waals surface area contributed by atoms with Gasteiger partial charge in [0.25, 0.3) is 5.91 Å². The quantitative estimate of drug-likeness (QED) is 0.836. The van der Waals surface area contributed by atoms with Gasteiger partial charge in [0, 0.05) is 38.9 Å². The van der Waals surface area contributed by atoms with E-state index in [1.807, 2.05) is 4.90 Å². The molecular weight excluding hydrogens is 377 g/mol. The van der Waals surface area contributed by atoms with Gasteiger partial charge in [-0.1, -0.05) is 18.2 Å². The Kier molecular flexibility index (Phi) is 5.68. The van der Waals surface area contributed by atoms with Crippen molar-refractivity contribution in [2.24, 2.45) is 0 Å². The molecule has 10 heteroatoms. The first-order chi connectivity index (χ1) is 13.2. The summed E-state index contributed by atoms with van der Waals surface area (Å²) in [5.41, 5.74) is 0.217. The lowest BCUT2D eigenvalue weighted by Gasteiger charge is -2.34. The highest BCUT2D eigenvalue weighted by Crippen LogP contribution is 2.29. The second kappa shape index (κ2) is 8.01. The van der Waals surface area contributed by atoms with Crippen LogP contribution >= 0.6 is 0 Å². The Labute approximate surface area is 159 Å². The molecule has 7 nitrogen and oxygen atoms in total. The zero-order valence-electron chi connectivity index (χ0n) is 14.9. The fourth-order valence-corrected chi connectivity index (χ4v) is 3.09. The summed E-state index contributed by atoms with van der Waals surface area (Å²) in [5, 5.41) is 12.6. The highest BCUT2D eigenvalue weighted by atomic mass is 19.4. The van der Waals surface area contributed by atoms with E-state index in [1.54, 1.807) is 11.0 Å². The maximum absolute atomic E-state index is 12.8. The predicted octanol–water partition coefficient (Wildman–Crippen LogP) is 1.94. The second-order valence-electron chi connectivity index (χ2n) is 6.59. The molecule has 1 aromatic carbocycles. The van der Waals surface area contributed by atoms with Crippen molar-refractivity contribution in [1.82, 2.24) is 19.6 Å². The fraction of sp³-hybridized carbons (Fsp3) is 0.389. The molecule has 0 atom stereocenters. The number of carbonyl (C=O) groups is 2.